The molecule has 0 radical (unpaired) electrons. The Morgan fingerprint density at radius 2 is 2.04 bits per heavy atom. The number of rotatable bonds is 3. The number of fused-ring (bicyclic) bond motifs is 3. The van der Waals surface area contributed by atoms with Crippen molar-refractivity contribution < 1.29 is 27.4 Å². The van der Waals surface area contributed by atoms with Gasteiger partial charge in [0.05, 0.1) is 5.52 Å². The molecule has 0 amide bonds. The van der Waals surface area contributed by atoms with Crippen LogP contribution in [0.2, 0.25) is 0 Å². The lowest BCUT2D eigenvalue weighted by Gasteiger charge is -2.38. The minimum atomic E-state index is -5.01. The van der Waals surface area contributed by atoms with Gasteiger partial charge in [0.15, 0.2) is 5.72 Å². The van der Waals surface area contributed by atoms with Gasteiger partial charge in [-0.1, -0.05) is 18.2 Å². The monoisotopic (exact) mass is 366 g/mol. The van der Waals surface area contributed by atoms with Crippen molar-refractivity contribution >= 4 is 16.9 Å². The van der Waals surface area contributed by atoms with Crippen LogP contribution in [-0.4, -0.2) is 35.0 Å². The number of esters is 1. The molecule has 0 spiro atoms. The third kappa shape index (κ3) is 3.33. The molecule has 26 heavy (non-hydrogen) atoms. The average molecular weight is 366 g/mol. The summed E-state index contributed by atoms with van der Waals surface area (Å²) in [5, 5.41) is 3.98. The smallest absolute Gasteiger partial charge is 0.474 e. The summed E-state index contributed by atoms with van der Waals surface area (Å²) in [7, 11) is 0. The number of alkyl halides is 3. The van der Waals surface area contributed by atoms with Crippen LogP contribution >= 0.6 is 0 Å². The zero-order valence-corrected chi connectivity index (χ0v) is 13.8. The first-order chi connectivity index (χ1) is 12.3. The minimum absolute atomic E-state index is 0.0461. The molecule has 1 aromatic heterocycles. The fourth-order valence-electron chi connectivity index (χ4n) is 3.76. The summed E-state index contributed by atoms with van der Waals surface area (Å²) in [4.78, 5) is 15.7. The van der Waals surface area contributed by atoms with E-state index in [9.17, 15) is 18.0 Å². The summed E-state index contributed by atoms with van der Waals surface area (Å²) >= 11 is 0. The van der Waals surface area contributed by atoms with Gasteiger partial charge in [-0.15, -0.1) is 0 Å². The highest BCUT2D eigenvalue weighted by Crippen LogP contribution is 2.39. The van der Waals surface area contributed by atoms with E-state index >= 15 is 0 Å². The van der Waals surface area contributed by atoms with E-state index in [4.69, 9.17) is 9.47 Å². The number of pyridine rings is 1. The highest BCUT2D eigenvalue weighted by atomic mass is 19.4. The third-order valence-electron chi connectivity index (χ3n) is 4.85. The van der Waals surface area contributed by atoms with Crippen molar-refractivity contribution in [3.8, 4) is 5.88 Å². The Morgan fingerprint density at radius 1 is 1.23 bits per heavy atom. The summed E-state index contributed by atoms with van der Waals surface area (Å²) in [5.74, 6) is -1.76. The van der Waals surface area contributed by atoms with E-state index in [0.29, 0.717) is 25.1 Å². The van der Waals surface area contributed by atoms with Crippen LogP contribution in [0.1, 0.15) is 25.7 Å². The molecule has 2 bridgehead atoms. The molecule has 2 fully saturated rings. The predicted octanol–water partition coefficient (Wildman–Crippen LogP) is 3.33. The van der Waals surface area contributed by atoms with Crippen molar-refractivity contribution in [3.05, 3.63) is 36.4 Å². The van der Waals surface area contributed by atoms with Gasteiger partial charge >= 0.3 is 12.1 Å². The number of nitrogens with zero attached hydrogens (tertiary/aromatic N) is 1. The fourth-order valence-corrected chi connectivity index (χ4v) is 3.76. The number of ether oxygens (including phenoxy) is 2. The number of hydrogen-bond acceptors (Lipinski definition) is 5. The van der Waals surface area contributed by atoms with E-state index in [1.165, 1.54) is 0 Å². The summed E-state index contributed by atoms with van der Waals surface area (Å²) in [6.45, 7) is 0. The second kappa shape index (κ2) is 6.12. The van der Waals surface area contributed by atoms with Crippen molar-refractivity contribution in [2.45, 2.75) is 49.7 Å². The fraction of sp³-hybridized carbons (Fsp3) is 0.444. The zero-order chi connectivity index (χ0) is 18.4. The molecule has 4 rings (SSSR count). The lowest BCUT2D eigenvalue weighted by molar-refractivity contribution is -0.219. The Bertz CT molecular complexity index is 842. The lowest BCUT2D eigenvalue weighted by atomic mass is 9.99. The van der Waals surface area contributed by atoms with Crippen LogP contribution in [0.4, 0.5) is 13.2 Å². The number of nitrogens with one attached hydrogen (secondary N) is 1. The van der Waals surface area contributed by atoms with Gasteiger partial charge in [0.25, 0.3) is 0 Å². The second-order valence-corrected chi connectivity index (χ2v) is 6.78. The van der Waals surface area contributed by atoms with Crippen LogP contribution in [0.25, 0.3) is 10.9 Å². The minimum Gasteiger partial charge on any atom is -0.474 e. The Balaban J connectivity index is 1.50. The molecule has 1 N–H and O–H groups in total. The molecule has 1 aromatic carbocycles. The van der Waals surface area contributed by atoms with E-state index in [2.05, 4.69) is 10.3 Å². The van der Waals surface area contributed by atoms with E-state index in [1.54, 1.807) is 6.07 Å². The number of hydrogen-bond donors (Lipinski definition) is 1. The van der Waals surface area contributed by atoms with Crippen molar-refractivity contribution in [1.29, 1.82) is 0 Å². The van der Waals surface area contributed by atoms with E-state index < -0.39 is 17.9 Å². The highest BCUT2D eigenvalue weighted by molar-refractivity contribution is 5.78. The first kappa shape index (κ1) is 17.1. The predicted molar refractivity (Wildman–Crippen MR) is 86.4 cm³/mol. The van der Waals surface area contributed by atoms with E-state index in [1.807, 2.05) is 30.3 Å². The Morgan fingerprint density at radius 3 is 2.85 bits per heavy atom. The Labute approximate surface area is 147 Å². The largest absolute Gasteiger partial charge is 0.490 e. The zero-order valence-electron chi connectivity index (χ0n) is 13.8. The first-order valence-corrected chi connectivity index (χ1v) is 8.43. The average Bonchev–Trinajstić information content (AvgIpc) is 2.88. The molecule has 138 valence electrons. The van der Waals surface area contributed by atoms with Crippen LogP contribution in [0, 0.1) is 0 Å². The number of piperidine rings is 1. The molecule has 2 saturated heterocycles. The molecule has 0 saturated carbocycles. The van der Waals surface area contributed by atoms with Gasteiger partial charge < -0.3 is 9.47 Å². The van der Waals surface area contributed by atoms with Gasteiger partial charge in [0, 0.05) is 36.8 Å². The van der Waals surface area contributed by atoms with Crippen LogP contribution < -0.4 is 10.1 Å². The van der Waals surface area contributed by atoms with Gasteiger partial charge in [0.2, 0.25) is 5.88 Å². The maximum absolute atomic E-state index is 12.6. The summed E-state index contributed by atoms with van der Waals surface area (Å²) in [6, 6.07) is 11.1. The van der Waals surface area contributed by atoms with Crippen LogP contribution in [-0.2, 0) is 9.53 Å². The SMILES string of the molecule is O=C(OC12CCC(CC(Oc3ccc4ccccc4n3)C1)N2)C(F)(F)F. The number of para-hydroxylation sites is 1. The second-order valence-electron chi connectivity index (χ2n) is 6.78. The third-order valence-corrected chi connectivity index (χ3v) is 4.85. The van der Waals surface area contributed by atoms with Gasteiger partial charge in [-0.05, 0) is 18.6 Å². The maximum Gasteiger partial charge on any atom is 0.490 e. The summed E-state index contributed by atoms with van der Waals surface area (Å²) in [6.07, 6.45) is -3.64. The Hall–Kier alpha value is -2.35. The summed E-state index contributed by atoms with van der Waals surface area (Å²) in [5.41, 5.74) is -0.544. The van der Waals surface area contributed by atoms with Gasteiger partial charge in [0.1, 0.15) is 6.10 Å². The van der Waals surface area contributed by atoms with Crippen LogP contribution in [0.15, 0.2) is 36.4 Å². The number of benzene rings is 1. The van der Waals surface area contributed by atoms with Crippen LogP contribution in [0.3, 0.4) is 0 Å². The topological polar surface area (TPSA) is 60.5 Å². The lowest BCUT2D eigenvalue weighted by Crippen LogP contribution is -2.56. The maximum atomic E-state index is 12.6. The molecule has 3 atom stereocenters. The first-order valence-electron chi connectivity index (χ1n) is 8.43. The molecule has 2 aliphatic heterocycles. The van der Waals surface area contributed by atoms with Crippen molar-refractivity contribution in [1.82, 2.24) is 10.3 Å². The quantitative estimate of drug-likeness (QED) is 0.845. The molecule has 0 aliphatic carbocycles. The summed E-state index contributed by atoms with van der Waals surface area (Å²) < 4.78 is 48.4. The van der Waals surface area contributed by atoms with Crippen molar-refractivity contribution in [3.63, 3.8) is 0 Å². The number of halogens is 3. The van der Waals surface area contributed by atoms with Gasteiger partial charge in [-0.2, -0.15) is 13.2 Å². The molecule has 3 heterocycles. The highest BCUT2D eigenvalue weighted by Gasteiger charge is 2.53. The molecule has 2 aliphatic rings. The number of carbonyl (C=O) groups is 1. The van der Waals surface area contributed by atoms with E-state index in [-0.39, 0.29) is 18.6 Å². The molecular weight excluding hydrogens is 349 g/mol. The molecule has 3 unspecified atom stereocenters. The van der Waals surface area contributed by atoms with Crippen molar-refractivity contribution in [2.24, 2.45) is 0 Å². The number of aromatic nitrogens is 1. The molecule has 2 aromatic rings. The van der Waals surface area contributed by atoms with E-state index in [0.717, 1.165) is 10.9 Å². The molecule has 8 heteroatoms. The van der Waals surface area contributed by atoms with Crippen LogP contribution in [0.5, 0.6) is 5.88 Å². The van der Waals surface area contributed by atoms with Gasteiger partial charge in [-0.25, -0.2) is 9.78 Å². The Kier molecular flexibility index (Phi) is 4.02. The molecular formula is C18H17F3N2O3. The van der Waals surface area contributed by atoms with Crippen molar-refractivity contribution in [2.75, 3.05) is 0 Å². The normalized spacial score (nSPS) is 28.1. The standard InChI is InChI=1S/C18H17F3N2O3/c19-18(20,21)16(24)26-17-8-7-12(23-17)9-13(10-17)25-15-6-5-11-3-1-2-4-14(11)22-15/h1-6,12-13,23H,7-10H2. The van der Waals surface area contributed by atoms with Gasteiger partial charge in [-0.3, -0.25) is 5.32 Å². The number of carbonyl (C=O) groups excluding carboxylic acids is 1. The molecule has 5 nitrogen and oxygen atoms in total.